The summed E-state index contributed by atoms with van der Waals surface area (Å²) >= 11 is 12.2. The van der Waals surface area contributed by atoms with Crippen LogP contribution in [0.4, 0.5) is 0 Å². The summed E-state index contributed by atoms with van der Waals surface area (Å²) in [7, 11) is 0. The molecule has 0 unspecified atom stereocenters. The van der Waals surface area contributed by atoms with Gasteiger partial charge in [-0.1, -0.05) is 59.1 Å². The standard InChI is InChI=1S/C26H27Cl2N4O4.Y/c27-21-2-1-3-22(28)24(21)25(34)29-9-8-18-4-6-19(7-5-18)23-20(17-33)16-30-32(26(23)35)11-10-31-12-14-36-15-13-31;/h1-7,9,16,33H,8,10-15,17H2,(H,29,34);/q-1;. The second kappa shape index (κ2) is 14.5. The van der Waals surface area contributed by atoms with Crippen LogP contribution >= 0.6 is 23.2 Å². The monoisotopic (exact) mass is 618 g/mol. The predicted molar refractivity (Wildman–Crippen MR) is 139 cm³/mol. The molecule has 8 nitrogen and oxygen atoms in total. The molecule has 2 heterocycles. The van der Waals surface area contributed by atoms with Crippen LogP contribution < -0.4 is 10.9 Å². The molecular weight excluding hydrogens is 592 g/mol. The Kier molecular flexibility index (Phi) is 11.7. The number of hydrogen-bond donors (Lipinski definition) is 2. The third-order valence-corrected chi connectivity index (χ3v) is 6.66. The molecule has 1 aromatic heterocycles. The van der Waals surface area contributed by atoms with Crippen molar-refractivity contribution in [3.63, 3.8) is 0 Å². The molecule has 0 spiro atoms. The molecule has 3 aromatic rings. The molecule has 0 bridgehead atoms. The fourth-order valence-electron chi connectivity index (χ4n) is 4.03. The maximum atomic E-state index is 13.2. The first-order chi connectivity index (χ1) is 17.5. The number of halogens is 2. The molecule has 0 saturated carbocycles. The van der Waals surface area contributed by atoms with Crippen molar-refractivity contribution in [2.45, 2.75) is 19.6 Å². The number of rotatable bonds is 9. The van der Waals surface area contributed by atoms with E-state index in [1.54, 1.807) is 30.9 Å². The number of hydrogen-bond acceptors (Lipinski definition) is 6. The van der Waals surface area contributed by atoms with Crippen molar-refractivity contribution in [1.82, 2.24) is 20.0 Å². The van der Waals surface area contributed by atoms with Gasteiger partial charge in [0.1, 0.15) is 0 Å². The van der Waals surface area contributed by atoms with E-state index < -0.39 is 0 Å². The Labute approximate surface area is 250 Å². The van der Waals surface area contributed by atoms with E-state index in [0.717, 1.165) is 18.7 Å². The third kappa shape index (κ3) is 7.70. The van der Waals surface area contributed by atoms with Crippen LogP contribution in [0.2, 0.25) is 10.0 Å². The van der Waals surface area contributed by atoms with E-state index in [1.807, 2.05) is 24.3 Å². The molecule has 11 heteroatoms. The summed E-state index contributed by atoms with van der Waals surface area (Å²) in [5.74, 6) is -0.385. The van der Waals surface area contributed by atoms with Crippen molar-refractivity contribution in [3.05, 3.63) is 92.3 Å². The molecular formula is C26H27Cl2N4O4Y-. The minimum absolute atomic E-state index is 0. The van der Waals surface area contributed by atoms with Crippen LogP contribution in [-0.4, -0.2) is 58.5 Å². The zero-order chi connectivity index (χ0) is 25.5. The smallest absolute Gasteiger partial charge is 0.275 e. The zero-order valence-electron chi connectivity index (χ0n) is 20.2. The molecule has 4 rings (SSSR count). The minimum atomic E-state index is -0.385. The summed E-state index contributed by atoms with van der Waals surface area (Å²) in [6.45, 7) is 5.56. The molecule has 1 saturated heterocycles. The van der Waals surface area contributed by atoms with Gasteiger partial charge in [-0.05, 0) is 17.7 Å². The molecule has 1 amide bonds. The van der Waals surface area contributed by atoms with Crippen LogP contribution in [0.1, 0.15) is 21.5 Å². The number of aliphatic hydroxyl groups excluding tert-OH is 1. The number of amides is 1. The average Bonchev–Trinajstić information content (AvgIpc) is 2.89. The fourth-order valence-corrected chi connectivity index (χ4v) is 4.60. The minimum Gasteiger partial charge on any atom is -0.501 e. The normalized spacial score (nSPS) is 13.7. The summed E-state index contributed by atoms with van der Waals surface area (Å²) in [4.78, 5) is 27.9. The first kappa shape index (κ1) is 29.9. The van der Waals surface area contributed by atoms with E-state index in [0.29, 0.717) is 49.4 Å². The van der Waals surface area contributed by atoms with Gasteiger partial charge in [0, 0.05) is 57.9 Å². The maximum Gasteiger partial charge on any atom is 0.275 e. The summed E-state index contributed by atoms with van der Waals surface area (Å²) in [6.07, 6.45) is 2.01. The number of aromatic nitrogens is 2. The molecule has 0 aliphatic carbocycles. The van der Waals surface area contributed by atoms with Crippen molar-refractivity contribution < 1.29 is 47.3 Å². The van der Waals surface area contributed by atoms with Gasteiger partial charge in [-0.2, -0.15) is 5.10 Å². The average molecular weight is 619 g/mol. The Hall–Kier alpha value is -1.65. The molecule has 1 aliphatic rings. The Bertz CT molecular complexity index is 1240. The van der Waals surface area contributed by atoms with Crippen LogP contribution in [0.5, 0.6) is 0 Å². The topological polar surface area (TPSA) is 96.7 Å². The number of aliphatic hydroxyl groups is 1. The van der Waals surface area contributed by atoms with Crippen LogP contribution in [0, 0.1) is 6.54 Å². The maximum absolute atomic E-state index is 13.2. The van der Waals surface area contributed by atoms with E-state index in [1.165, 1.54) is 4.68 Å². The van der Waals surface area contributed by atoms with Crippen molar-refractivity contribution in [3.8, 4) is 11.1 Å². The van der Waals surface area contributed by atoms with Crippen molar-refractivity contribution >= 4 is 29.1 Å². The second-order valence-electron chi connectivity index (χ2n) is 8.36. The summed E-state index contributed by atoms with van der Waals surface area (Å²) in [6, 6.07) is 12.3. The molecule has 1 fully saturated rings. The molecule has 1 radical (unpaired) electrons. The van der Waals surface area contributed by atoms with Gasteiger partial charge in [0.25, 0.3) is 5.56 Å². The molecule has 2 N–H and O–H groups in total. The van der Waals surface area contributed by atoms with Crippen LogP contribution in [0.25, 0.3) is 11.1 Å². The van der Waals surface area contributed by atoms with Gasteiger partial charge >= 0.3 is 0 Å². The Morgan fingerprint density at radius 3 is 2.41 bits per heavy atom. The van der Waals surface area contributed by atoms with Crippen molar-refractivity contribution in [2.24, 2.45) is 0 Å². The van der Waals surface area contributed by atoms with Gasteiger partial charge in [0.15, 0.2) is 0 Å². The van der Waals surface area contributed by atoms with Gasteiger partial charge < -0.3 is 15.2 Å². The number of nitrogens with one attached hydrogen (secondary N) is 1. The van der Waals surface area contributed by atoms with E-state index in [4.69, 9.17) is 27.9 Å². The van der Waals surface area contributed by atoms with Crippen molar-refractivity contribution in [1.29, 1.82) is 0 Å². The first-order valence-electron chi connectivity index (χ1n) is 11.6. The largest absolute Gasteiger partial charge is 0.501 e. The first-order valence-corrected chi connectivity index (χ1v) is 12.4. The van der Waals surface area contributed by atoms with Crippen LogP contribution in [0.3, 0.4) is 0 Å². The van der Waals surface area contributed by atoms with Gasteiger partial charge in [0.2, 0.25) is 5.91 Å². The number of nitrogens with zero attached hydrogens (tertiary/aromatic N) is 3. The van der Waals surface area contributed by atoms with Gasteiger partial charge in [0.05, 0.1) is 53.7 Å². The summed E-state index contributed by atoms with van der Waals surface area (Å²) in [5.41, 5.74) is 2.53. The number of carbonyl (C=O) groups is 1. The summed E-state index contributed by atoms with van der Waals surface area (Å²) < 4.78 is 6.82. The number of benzene rings is 2. The quantitative estimate of drug-likeness (QED) is 0.358. The van der Waals surface area contributed by atoms with Crippen LogP contribution in [0.15, 0.2) is 53.5 Å². The molecule has 1 aliphatic heterocycles. The molecule has 193 valence electrons. The van der Waals surface area contributed by atoms with Gasteiger partial charge in [-0.3, -0.25) is 14.5 Å². The second-order valence-corrected chi connectivity index (χ2v) is 9.17. The van der Waals surface area contributed by atoms with E-state index in [2.05, 4.69) is 15.3 Å². The Morgan fingerprint density at radius 2 is 1.76 bits per heavy atom. The third-order valence-electron chi connectivity index (χ3n) is 6.03. The van der Waals surface area contributed by atoms with Crippen molar-refractivity contribution in [2.75, 3.05) is 32.8 Å². The van der Waals surface area contributed by atoms with Crippen LogP contribution in [-0.2, 0) is 57.0 Å². The number of ether oxygens (including phenoxy) is 1. The van der Waals surface area contributed by atoms with Gasteiger partial charge in [-0.15, -0.1) is 6.42 Å². The number of carbonyl (C=O) groups excluding carboxylic acids is 1. The predicted octanol–water partition coefficient (Wildman–Crippen LogP) is 3.17. The van der Waals surface area contributed by atoms with E-state index >= 15 is 0 Å². The SMILES string of the molecule is O=C(N[CH-]Cc1ccc(-c2c(CO)cnn(CCN3CCOCC3)c2=O)cc1)c1c(Cl)cccc1Cl.[Y]. The Balaban J connectivity index is 0.00000380. The van der Waals surface area contributed by atoms with Gasteiger partial charge in [-0.25, -0.2) is 11.2 Å². The fraction of sp³-hybridized carbons (Fsp3) is 0.308. The molecule has 0 atom stereocenters. The zero-order valence-corrected chi connectivity index (χ0v) is 24.6. The van der Waals surface area contributed by atoms with E-state index in [-0.39, 0.29) is 66.4 Å². The number of morpholine rings is 1. The van der Waals surface area contributed by atoms with E-state index in [9.17, 15) is 14.7 Å². The molecule has 2 aromatic carbocycles. The summed E-state index contributed by atoms with van der Waals surface area (Å²) in [5, 5.41) is 17.3. The molecule has 37 heavy (non-hydrogen) atoms. The Morgan fingerprint density at radius 1 is 1.08 bits per heavy atom.